The molecule has 0 atom stereocenters. The van der Waals surface area contributed by atoms with Gasteiger partial charge in [-0.1, -0.05) is 62.7 Å². The van der Waals surface area contributed by atoms with Crippen LogP contribution in [-0.4, -0.2) is 11.9 Å². The molecule has 6 heteroatoms. The number of carbonyl (C=O) groups is 1. The van der Waals surface area contributed by atoms with Crippen molar-refractivity contribution in [3.63, 3.8) is 0 Å². The summed E-state index contributed by atoms with van der Waals surface area (Å²) in [5.41, 5.74) is 0.679. The van der Waals surface area contributed by atoms with Gasteiger partial charge >= 0.3 is 6.18 Å². The van der Waals surface area contributed by atoms with Crippen LogP contribution in [0.25, 0.3) is 6.08 Å². The first-order valence-electron chi connectivity index (χ1n) is 10.2. The first-order chi connectivity index (χ1) is 14.2. The van der Waals surface area contributed by atoms with E-state index in [9.17, 15) is 18.0 Å². The van der Waals surface area contributed by atoms with Crippen LogP contribution in [0.1, 0.15) is 62.1 Å². The van der Waals surface area contributed by atoms with Crippen molar-refractivity contribution < 1.29 is 18.0 Å². The number of rotatable bonds is 6. The van der Waals surface area contributed by atoms with E-state index in [0.717, 1.165) is 54.0 Å². The zero-order valence-electron chi connectivity index (χ0n) is 17.1. The molecule has 1 aliphatic carbocycles. The minimum Gasteiger partial charge on any atom is -0.350 e. The van der Waals surface area contributed by atoms with Gasteiger partial charge in [-0.05, 0) is 54.2 Å². The average molecular weight is 434 g/mol. The van der Waals surface area contributed by atoms with Crippen LogP contribution in [0.4, 0.5) is 13.2 Å². The number of benzene rings is 2. The van der Waals surface area contributed by atoms with E-state index < -0.39 is 11.7 Å². The summed E-state index contributed by atoms with van der Waals surface area (Å²) in [7, 11) is 0. The van der Waals surface area contributed by atoms with Gasteiger partial charge in [-0.3, -0.25) is 4.79 Å². The van der Waals surface area contributed by atoms with Gasteiger partial charge in [0.15, 0.2) is 0 Å². The van der Waals surface area contributed by atoms with Crippen molar-refractivity contribution >= 4 is 23.7 Å². The molecule has 1 N–H and O–H groups in total. The van der Waals surface area contributed by atoms with E-state index in [1.807, 2.05) is 38.1 Å². The lowest BCUT2D eigenvalue weighted by Crippen LogP contribution is -2.30. The van der Waals surface area contributed by atoms with E-state index in [1.165, 1.54) is 18.2 Å². The summed E-state index contributed by atoms with van der Waals surface area (Å²) >= 11 is 1.13. The lowest BCUT2D eigenvalue weighted by molar-refractivity contribution is -0.139. The molecule has 1 saturated carbocycles. The zero-order chi connectivity index (χ0) is 21.7. The summed E-state index contributed by atoms with van der Waals surface area (Å²) < 4.78 is 41.2. The highest BCUT2D eigenvalue weighted by molar-refractivity contribution is 7.99. The summed E-state index contributed by atoms with van der Waals surface area (Å²) in [5.74, 6) is -0.0524. The molecule has 0 aromatic heterocycles. The van der Waals surface area contributed by atoms with Crippen LogP contribution in [0.2, 0.25) is 0 Å². The van der Waals surface area contributed by atoms with Crippen LogP contribution >= 0.6 is 11.8 Å². The third-order valence-electron chi connectivity index (χ3n) is 5.20. The van der Waals surface area contributed by atoms with Crippen molar-refractivity contribution in [2.75, 3.05) is 0 Å². The highest BCUT2D eigenvalue weighted by atomic mass is 32.2. The predicted molar refractivity (Wildman–Crippen MR) is 116 cm³/mol. The maximum atomic E-state index is 13.7. The molecule has 0 heterocycles. The molecule has 3 rings (SSSR count). The molecule has 0 unspecified atom stereocenters. The van der Waals surface area contributed by atoms with Crippen LogP contribution in [0.3, 0.4) is 0 Å². The molecule has 30 heavy (non-hydrogen) atoms. The van der Waals surface area contributed by atoms with Crippen LogP contribution in [0.15, 0.2) is 58.3 Å². The Labute approximate surface area is 180 Å². The molecule has 0 radical (unpaired) electrons. The fourth-order valence-corrected chi connectivity index (χ4v) is 4.85. The van der Waals surface area contributed by atoms with E-state index in [-0.39, 0.29) is 22.8 Å². The third kappa shape index (κ3) is 5.91. The van der Waals surface area contributed by atoms with Crippen LogP contribution in [-0.2, 0) is 11.0 Å². The fourth-order valence-electron chi connectivity index (χ4n) is 3.62. The van der Waals surface area contributed by atoms with Gasteiger partial charge in [-0.2, -0.15) is 13.2 Å². The monoisotopic (exact) mass is 433 g/mol. The van der Waals surface area contributed by atoms with E-state index in [2.05, 4.69) is 5.32 Å². The second kappa shape index (κ2) is 9.73. The summed E-state index contributed by atoms with van der Waals surface area (Å²) in [6.07, 6.45) is 2.39. The van der Waals surface area contributed by atoms with Gasteiger partial charge in [0, 0.05) is 21.9 Å². The molecule has 0 spiro atoms. The van der Waals surface area contributed by atoms with Crippen molar-refractivity contribution in [3.05, 3.63) is 65.2 Å². The van der Waals surface area contributed by atoms with Crippen LogP contribution in [0, 0.1) is 0 Å². The summed E-state index contributed by atoms with van der Waals surface area (Å²) in [6, 6.07) is 11.9. The number of alkyl halides is 3. The Morgan fingerprint density at radius 2 is 1.80 bits per heavy atom. The molecule has 2 aromatic carbocycles. The maximum Gasteiger partial charge on any atom is 0.417 e. The number of halogens is 3. The van der Waals surface area contributed by atoms with Gasteiger partial charge in [0.25, 0.3) is 0 Å². The Morgan fingerprint density at radius 1 is 1.10 bits per heavy atom. The zero-order valence-corrected chi connectivity index (χ0v) is 17.9. The second-order valence-electron chi connectivity index (χ2n) is 7.87. The van der Waals surface area contributed by atoms with Crippen molar-refractivity contribution in [3.8, 4) is 0 Å². The summed E-state index contributed by atoms with van der Waals surface area (Å²) in [5, 5.41) is 2.90. The van der Waals surface area contributed by atoms with E-state index in [0.29, 0.717) is 5.56 Å². The van der Waals surface area contributed by atoms with Gasteiger partial charge in [-0.15, -0.1) is 0 Å². The molecule has 1 fully saturated rings. The number of nitrogens with one attached hydrogen (secondary N) is 1. The van der Waals surface area contributed by atoms with Gasteiger partial charge in [0.1, 0.15) is 0 Å². The van der Waals surface area contributed by atoms with Gasteiger partial charge < -0.3 is 5.32 Å². The van der Waals surface area contributed by atoms with Crippen molar-refractivity contribution in [1.29, 1.82) is 0 Å². The Balaban J connectivity index is 1.82. The second-order valence-corrected chi connectivity index (χ2v) is 8.96. The van der Waals surface area contributed by atoms with Gasteiger partial charge in [0.2, 0.25) is 5.91 Å². The largest absolute Gasteiger partial charge is 0.417 e. The molecule has 0 aliphatic heterocycles. The normalized spacial score (nSPS) is 15.3. The average Bonchev–Trinajstić information content (AvgIpc) is 3.19. The third-order valence-corrected chi connectivity index (χ3v) is 6.37. The lowest BCUT2D eigenvalue weighted by atomic mass is 10.0. The van der Waals surface area contributed by atoms with Crippen molar-refractivity contribution in [1.82, 2.24) is 5.32 Å². The van der Waals surface area contributed by atoms with Crippen LogP contribution < -0.4 is 5.32 Å². The first kappa shape index (κ1) is 22.5. The molecular formula is C24H26F3NOS. The lowest BCUT2D eigenvalue weighted by Gasteiger charge is -2.16. The minimum atomic E-state index is -4.48. The van der Waals surface area contributed by atoms with E-state index in [1.54, 1.807) is 6.07 Å². The number of amides is 1. The topological polar surface area (TPSA) is 29.1 Å². The summed E-state index contributed by atoms with van der Waals surface area (Å²) in [4.78, 5) is 13.0. The van der Waals surface area contributed by atoms with E-state index >= 15 is 0 Å². The molecule has 2 nitrogen and oxygen atoms in total. The quantitative estimate of drug-likeness (QED) is 0.495. The van der Waals surface area contributed by atoms with Gasteiger partial charge in [0.05, 0.1) is 5.56 Å². The molecule has 1 aliphatic rings. The molecule has 0 saturated heterocycles. The SMILES string of the molecule is CC(C)c1ccccc1Sc1ccc(C=CC(=O)NC2CCCC2)cc1C(F)(F)F. The number of hydrogen-bond donors (Lipinski definition) is 1. The fraction of sp³-hybridized carbons (Fsp3) is 0.375. The number of carbonyl (C=O) groups excluding carboxylic acids is 1. The Bertz CT molecular complexity index is 915. The standard InChI is InChI=1S/C24H26F3NOS/c1-16(2)19-9-5-6-10-21(19)30-22-13-11-17(15-20(22)24(25,26)27)12-14-23(29)28-18-7-3-4-8-18/h5-6,9-16,18H,3-4,7-8H2,1-2H3,(H,28,29). The number of hydrogen-bond acceptors (Lipinski definition) is 2. The molecule has 2 aromatic rings. The van der Waals surface area contributed by atoms with Crippen LogP contribution in [0.5, 0.6) is 0 Å². The molecule has 0 bridgehead atoms. The Kier molecular flexibility index (Phi) is 7.29. The first-order valence-corrected chi connectivity index (χ1v) is 11.0. The Hall–Kier alpha value is -2.21. The highest BCUT2D eigenvalue weighted by Gasteiger charge is 2.34. The highest BCUT2D eigenvalue weighted by Crippen LogP contribution is 2.42. The van der Waals surface area contributed by atoms with Crippen molar-refractivity contribution in [2.24, 2.45) is 0 Å². The molecule has 160 valence electrons. The van der Waals surface area contributed by atoms with Gasteiger partial charge in [-0.25, -0.2) is 0 Å². The van der Waals surface area contributed by atoms with E-state index in [4.69, 9.17) is 0 Å². The Morgan fingerprint density at radius 3 is 2.47 bits per heavy atom. The van der Waals surface area contributed by atoms with Crippen molar-refractivity contribution in [2.45, 2.75) is 67.5 Å². The summed E-state index contributed by atoms with van der Waals surface area (Å²) in [6.45, 7) is 4.04. The minimum absolute atomic E-state index is 0.156. The molecular weight excluding hydrogens is 407 g/mol. The smallest absolute Gasteiger partial charge is 0.350 e. The predicted octanol–water partition coefficient (Wildman–Crippen LogP) is 7.05. The molecule has 1 amide bonds. The maximum absolute atomic E-state index is 13.7.